The molecule has 0 aliphatic heterocycles. The zero-order valence-corrected chi connectivity index (χ0v) is 11.2. The van der Waals surface area contributed by atoms with E-state index in [4.69, 9.17) is 5.84 Å². The summed E-state index contributed by atoms with van der Waals surface area (Å²) < 4.78 is 0. The molecule has 1 aromatic heterocycles. The lowest BCUT2D eigenvalue weighted by Crippen LogP contribution is -2.32. The van der Waals surface area contributed by atoms with Crippen LogP contribution in [0.2, 0.25) is 0 Å². The van der Waals surface area contributed by atoms with Crippen molar-refractivity contribution in [1.82, 2.24) is 14.9 Å². The summed E-state index contributed by atoms with van der Waals surface area (Å²) in [5.74, 6) is 6.88. The van der Waals surface area contributed by atoms with Gasteiger partial charge in [-0.3, -0.25) is 4.90 Å². The van der Waals surface area contributed by atoms with Crippen molar-refractivity contribution in [3.63, 3.8) is 0 Å². The van der Waals surface area contributed by atoms with E-state index < -0.39 is 0 Å². The zero-order chi connectivity index (χ0) is 12.8. The van der Waals surface area contributed by atoms with E-state index in [1.54, 1.807) is 0 Å². The van der Waals surface area contributed by atoms with Gasteiger partial charge in [0, 0.05) is 17.8 Å². The van der Waals surface area contributed by atoms with Gasteiger partial charge in [-0.05, 0) is 33.7 Å². The molecule has 0 saturated carbocycles. The molecule has 96 valence electrons. The topological polar surface area (TPSA) is 67.1 Å². The molecule has 0 amide bonds. The van der Waals surface area contributed by atoms with Crippen LogP contribution in [0.15, 0.2) is 6.07 Å². The Morgan fingerprint density at radius 1 is 1.41 bits per heavy atom. The number of nitrogens with zero attached hydrogens (tertiary/aromatic N) is 3. The molecule has 17 heavy (non-hydrogen) atoms. The standard InChI is InChI=1S/C12H23N5/c1-5-6-17(9(2)3)8-12-14-10(4)7-11(15-12)16-13/h7,9H,5-6,8,13H2,1-4H3,(H,14,15,16). The molecule has 0 aromatic carbocycles. The number of nitrogens with one attached hydrogen (secondary N) is 1. The minimum Gasteiger partial charge on any atom is -0.308 e. The molecule has 0 spiro atoms. The highest BCUT2D eigenvalue weighted by atomic mass is 15.3. The fourth-order valence-corrected chi connectivity index (χ4v) is 1.76. The number of hydrogen-bond acceptors (Lipinski definition) is 5. The lowest BCUT2D eigenvalue weighted by atomic mass is 10.3. The van der Waals surface area contributed by atoms with Gasteiger partial charge in [-0.15, -0.1) is 0 Å². The summed E-state index contributed by atoms with van der Waals surface area (Å²) in [5.41, 5.74) is 3.51. The van der Waals surface area contributed by atoms with Gasteiger partial charge in [0.25, 0.3) is 0 Å². The Bertz CT molecular complexity index is 351. The first-order valence-corrected chi connectivity index (χ1v) is 6.12. The summed E-state index contributed by atoms with van der Waals surface area (Å²) in [7, 11) is 0. The number of hydrogen-bond donors (Lipinski definition) is 2. The summed E-state index contributed by atoms with van der Waals surface area (Å²) in [6.07, 6.45) is 1.13. The van der Waals surface area contributed by atoms with Gasteiger partial charge in [-0.25, -0.2) is 15.8 Å². The molecule has 0 aliphatic rings. The molecule has 5 nitrogen and oxygen atoms in total. The van der Waals surface area contributed by atoms with Crippen LogP contribution in [0.1, 0.15) is 38.7 Å². The maximum Gasteiger partial charge on any atom is 0.145 e. The fraction of sp³-hybridized carbons (Fsp3) is 0.667. The van der Waals surface area contributed by atoms with E-state index in [1.165, 1.54) is 0 Å². The van der Waals surface area contributed by atoms with E-state index >= 15 is 0 Å². The van der Waals surface area contributed by atoms with Gasteiger partial charge in [0.15, 0.2) is 0 Å². The van der Waals surface area contributed by atoms with Gasteiger partial charge in [0.05, 0.1) is 6.54 Å². The Balaban J connectivity index is 2.81. The third-order valence-electron chi connectivity index (χ3n) is 2.63. The van der Waals surface area contributed by atoms with Crippen LogP contribution in [-0.2, 0) is 6.54 Å². The number of aromatic nitrogens is 2. The second kappa shape index (κ2) is 6.51. The molecular formula is C12H23N5. The van der Waals surface area contributed by atoms with E-state index in [9.17, 15) is 0 Å². The molecule has 1 heterocycles. The summed E-state index contributed by atoms with van der Waals surface area (Å²) in [6.45, 7) is 10.3. The minimum atomic E-state index is 0.494. The van der Waals surface area contributed by atoms with Gasteiger partial charge < -0.3 is 5.43 Å². The minimum absolute atomic E-state index is 0.494. The number of nitrogens with two attached hydrogens (primary N) is 1. The monoisotopic (exact) mass is 237 g/mol. The first-order valence-electron chi connectivity index (χ1n) is 6.12. The normalized spacial score (nSPS) is 11.2. The van der Waals surface area contributed by atoms with E-state index in [2.05, 4.69) is 41.1 Å². The average Bonchev–Trinajstić information content (AvgIpc) is 2.27. The molecule has 0 fully saturated rings. The Labute approximate surface area is 103 Å². The van der Waals surface area contributed by atoms with Gasteiger partial charge in [0.1, 0.15) is 11.6 Å². The smallest absolute Gasteiger partial charge is 0.145 e. The predicted octanol–water partition coefficient (Wildman–Crippen LogP) is 1.69. The molecule has 0 atom stereocenters. The lowest BCUT2D eigenvalue weighted by molar-refractivity contribution is 0.208. The van der Waals surface area contributed by atoms with Crippen LogP contribution in [-0.4, -0.2) is 27.5 Å². The lowest BCUT2D eigenvalue weighted by Gasteiger charge is -2.25. The van der Waals surface area contributed by atoms with E-state index in [-0.39, 0.29) is 0 Å². The van der Waals surface area contributed by atoms with Crippen molar-refractivity contribution in [2.24, 2.45) is 5.84 Å². The van der Waals surface area contributed by atoms with Crippen LogP contribution in [0.3, 0.4) is 0 Å². The summed E-state index contributed by atoms with van der Waals surface area (Å²) in [6, 6.07) is 2.33. The van der Waals surface area contributed by atoms with Crippen LogP contribution < -0.4 is 11.3 Å². The van der Waals surface area contributed by atoms with Crippen molar-refractivity contribution in [3.05, 3.63) is 17.6 Å². The predicted molar refractivity (Wildman–Crippen MR) is 70.4 cm³/mol. The first-order chi connectivity index (χ1) is 8.06. The van der Waals surface area contributed by atoms with Gasteiger partial charge in [-0.1, -0.05) is 6.92 Å². The third kappa shape index (κ3) is 4.28. The summed E-state index contributed by atoms with van der Waals surface area (Å²) in [5, 5.41) is 0. The number of rotatable bonds is 6. The second-order valence-corrected chi connectivity index (χ2v) is 4.52. The van der Waals surface area contributed by atoms with Crippen LogP contribution >= 0.6 is 0 Å². The highest BCUT2D eigenvalue weighted by Gasteiger charge is 2.11. The van der Waals surface area contributed by atoms with Crippen molar-refractivity contribution in [1.29, 1.82) is 0 Å². The van der Waals surface area contributed by atoms with Gasteiger partial charge in [-0.2, -0.15) is 0 Å². The highest BCUT2D eigenvalue weighted by molar-refractivity contribution is 5.33. The van der Waals surface area contributed by atoms with Gasteiger partial charge in [0.2, 0.25) is 0 Å². The van der Waals surface area contributed by atoms with Crippen LogP contribution in [0.4, 0.5) is 5.82 Å². The molecule has 5 heteroatoms. The average molecular weight is 237 g/mol. The van der Waals surface area contributed by atoms with Crippen LogP contribution in [0, 0.1) is 6.92 Å². The Morgan fingerprint density at radius 3 is 2.65 bits per heavy atom. The number of anilines is 1. The van der Waals surface area contributed by atoms with Crippen molar-refractivity contribution < 1.29 is 0 Å². The molecule has 0 saturated heterocycles. The van der Waals surface area contributed by atoms with Crippen molar-refractivity contribution in [2.75, 3.05) is 12.0 Å². The van der Waals surface area contributed by atoms with E-state index in [0.29, 0.717) is 11.9 Å². The molecule has 0 bridgehead atoms. The third-order valence-corrected chi connectivity index (χ3v) is 2.63. The van der Waals surface area contributed by atoms with Crippen LogP contribution in [0.5, 0.6) is 0 Å². The number of nitrogen functional groups attached to an aromatic ring is 1. The molecule has 1 aromatic rings. The van der Waals surface area contributed by atoms with Crippen LogP contribution in [0.25, 0.3) is 0 Å². The molecule has 0 unspecified atom stereocenters. The summed E-state index contributed by atoms with van der Waals surface area (Å²) in [4.78, 5) is 11.2. The molecular weight excluding hydrogens is 214 g/mol. The maximum atomic E-state index is 5.38. The largest absolute Gasteiger partial charge is 0.308 e. The van der Waals surface area contributed by atoms with E-state index in [0.717, 1.165) is 31.0 Å². The number of aryl methyl sites for hydroxylation is 1. The Morgan fingerprint density at radius 2 is 2.12 bits per heavy atom. The molecule has 1 rings (SSSR count). The molecule has 0 aliphatic carbocycles. The zero-order valence-electron chi connectivity index (χ0n) is 11.2. The van der Waals surface area contributed by atoms with Crippen molar-refractivity contribution >= 4 is 5.82 Å². The van der Waals surface area contributed by atoms with Crippen molar-refractivity contribution in [2.45, 2.75) is 46.7 Å². The fourth-order valence-electron chi connectivity index (χ4n) is 1.76. The number of hydrazine groups is 1. The molecule has 3 N–H and O–H groups in total. The summed E-state index contributed by atoms with van der Waals surface area (Å²) >= 11 is 0. The SMILES string of the molecule is CCCN(Cc1nc(C)cc(NN)n1)C(C)C. The van der Waals surface area contributed by atoms with E-state index in [1.807, 2.05) is 13.0 Å². The maximum absolute atomic E-state index is 5.38. The quantitative estimate of drug-likeness (QED) is 0.582. The van der Waals surface area contributed by atoms with Crippen molar-refractivity contribution in [3.8, 4) is 0 Å². The molecule has 0 radical (unpaired) electrons. The Kier molecular flexibility index (Phi) is 5.31. The Hall–Kier alpha value is -1.20. The highest BCUT2D eigenvalue weighted by Crippen LogP contribution is 2.09. The second-order valence-electron chi connectivity index (χ2n) is 4.52. The van der Waals surface area contributed by atoms with Gasteiger partial charge >= 0.3 is 0 Å². The first kappa shape index (κ1) is 13.9.